The van der Waals surface area contributed by atoms with Crippen LogP contribution in [0.2, 0.25) is 0 Å². The van der Waals surface area contributed by atoms with Crippen molar-refractivity contribution in [2.24, 2.45) is 15.4 Å². The fourth-order valence-electron chi connectivity index (χ4n) is 8.08. The van der Waals surface area contributed by atoms with Gasteiger partial charge in [-0.15, -0.1) is 5.06 Å². The molecule has 3 aromatic rings. The SMILES string of the molecule is CC1(C)C2=CC(C#Cc3ccc(S(=O)(=O)[O-])cc3)=CN(CCCCCC(=O)ON3C(=O)CCC3=O)C2=N/C1=C\C=C\C1=Nc2c(cc(C#Cc3ccc(S(=O)(=O)[O-])cc3)c[n+]2CCCS(=O)(=O)[O-])C1(C)C.[Na+].[Na+]. The number of amides is 2. The molecule has 0 unspecified atom stereocenters. The Bertz CT molecular complexity index is 3380. The number of nitrogens with zero attached hydrogens (tertiary/aromatic N) is 5. The number of aliphatic imine (C=N–C) groups is 2. The van der Waals surface area contributed by atoms with E-state index in [1.54, 1.807) is 10.8 Å². The third-order valence-electron chi connectivity index (χ3n) is 12.1. The van der Waals surface area contributed by atoms with Gasteiger partial charge in [0.05, 0.1) is 48.7 Å². The summed E-state index contributed by atoms with van der Waals surface area (Å²) in [5, 5.41) is 0.530. The Morgan fingerprint density at radius 1 is 0.767 bits per heavy atom. The molecule has 0 spiro atoms. The molecule has 4 aliphatic heterocycles. The van der Waals surface area contributed by atoms with Crippen LogP contribution in [0.3, 0.4) is 0 Å². The zero-order chi connectivity index (χ0) is 51.5. The molecule has 370 valence electrons. The van der Waals surface area contributed by atoms with Crippen LogP contribution >= 0.6 is 0 Å². The molecule has 18 nitrogen and oxygen atoms in total. The van der Waals surface area contributed by atoms with Crippen LogP contribution < -0.4 is 63.7 Å². The number of hydrogen-bond donors (Lipinski definition) is 0. The van der Waals surface area contributed by atoms with E-state index in [1.165, 1.54) is 48.5 Å². The first-order chi connectivity index (χ1) is 33.3. The number of benzene rings is 2. The van der Waals surface area contributed by atoms with Crippen molar-refractivity contribution >= 4 is 65.5 Å². The molecule has 73 heavy (non-hydrogen) atoms. The summed E-state index contributed by atoms with van der Waals surface area (Å²) < 4.78 is 105. The molecular weight excluding hydrogens is 1020 g/mol. The number of aryl methyl sites for hydroxylation is 1. The second-order valence-corrected chi connectivity index (χ2v) is 22.3. The number of carbonyl (C=O) groups is 3. The van der Waals surface area contributed by atoms with Crippen molar-refractivity contribution in [3.8, 4) is 23.7 Å². The van der Waals surface area contributed by atoms with Gasteiger partial charge in [0, 0.05) is 65.4 Å². The molecular formula is C50H47N5Na2O13S3. The van der Waals surface area contributed by atoms with Crippen molar-refractivity contribution in [3.63, 3.8) is 0 Å². The number of allylic oxidation sites excluding steroid dienone is 6. The minimum Gasteiger partial charge on any atom is -0.748 e. The molecule has 0 bridgehead atoms. The Morgan fingerprint density at radius 3 is 1.92 bits per heavy atom. The number of unbranched alkanes of at least 4 members (excludes halogenated alkanes) is 2. The number of aromatic nitrogens is 1. The number of hydroxylamine groups is 2. The zero-order valence-corrected chi connectivity index (χ0v) is 47.4. The van der Waals surface area contributed by atoms with Crippen LogP contribution in [0.25, 0.3) is 0 Å². The number of imide groups is 1. The maximum absolute atomic E-state index is 12.4. The van der Waals surface area contributed by atoms with E-state index in [2.05, 4.69) is 23.7 Å². The van der Waals surface area contributed by atoms with Crippen LogP contribution in [0.4, 0.5) is 5.82 Å². The standard InChI is InChI=1S/C50H49N5O13S3.2Na/c1-49(2)40-30-36(15-13-34-17-21-38(22-18-34)70(62,63)64)32-53(27-7-5-6-12-46(58)68-55-44(56)25-26-45(55)57)47(40)51-42(49)10-8-11-43-50(3,4)41-31-37(16-14-35-19-23-39(24-20-35)71(65,66)67)33-54(48(41)52-43)28-9-29-69(59,60)61;;/h8,10-11,17-24,30-33H,5-7,9,12,25-29H2,1-4H3,(H2-,59,60,61,62,63,64,65,66,67);;/q;2*+1/p-2. The Labute approximate surface area is 469 Å². The quantitative estimate of drug-likeness (QED) is 0.0429. The summed E-state index contributed by atoms with van der Waals surface area (Å²) in [5.74, 6) is 11.1. The van der Waals surface area contributed by atoms with Crippen molar-refractivity contribution in [2.45, 2.75) is 94.4 Å². The Hall–Kier alpha value is -4.85. The molecule has 23 heteroatoms. The first-order valence-electron chi connectivity index (χ1n) is 22.3. The molecule has 0 N–H and O–H groups in total. The Morgan fingerprint density at radius 2 is 1.34 bits per heavy atom. The van der Waals surface area contributed by atoms with Crippen LogP contribution in [0.5, 0.6) is 0 Å². The average Bonchev–Trinajstić information content (AvgIpc) is 3.85. The summed E-state index contributed by atoms with van der Waals surface area (Å²) in [4.78, 5) is 52.5. The van der Waals surface area contributed by atoms with E-state index in [9.17, 15) is 53.3 Å². The molecule has 2 amide bonds. The Kier molecular flexibility index (Phi) is 19.2. The summed E-state index contributed by atoms with van der Waals surface area (Å²) in [7, 11) is -13.8. The van der Waals surface area contributed by atoms with Crippen LogP contribution in [0, 0.1) is 29.1 Å². The van der Waals surface area contributed by atoms with E-state index in [4.69, 9.17) is 14.8 Å². The van der Waals surface area contributed by atoms with Gasteiger partial charge in [-0.2, -0.15) is 0 Å². The van der Waals surface area contributed by atoms with Crippen molar-refractivity contribution < 1.29 is 122 Å². The van der Waals surface area contributed by atoms with Gasteiger partial charge in [0.15, 0.2) is 5.71 Å². The van der Waals surface area contributed by atoms with Gasteiger partial charge >= 0.3 is 70.9 Å². The number of rotatable bonds is 15. The average molecular weight is 1070 g/mol. The number of fused-ring (bicyclic) bond motifs is 2. The molecule has 1 aromatic heterocycles. The molecule has 0 radical (unpaired) electrons. The number of amidine groups is 1. The molecule has 2 aromatic carbocycles. The third kappa shape index (κ3) is 14.7. The van der Waals surface area contributed by atoms with Gasteiger partial charge in [-0.3, -0.25) is 9.59 Å². The van der Waals surface area contributed by atoms with Gasteiger partial charge in [-0.25, -0.2) is 39.6 Å². The molecule has 4 aliphatic rings. The largest absolute Gasteiger partial charge is 1.00 e. The molecule has 0 atom stereocenters. The van der Waals surface area contributed by atoms with Crippen molar-refractivity contribution in [1.29, 1.82) is 0 Å². The monoisotopic (exact) mass is 1070 g/mol. The van der Waals surface area contributed by atoms with Crippen LogP contribution in [-0.4, -0.2) is 90.5 Å². The number of pyridine rings is 1. The topological polar surface area (TPSA) is 267 Å². The van der Waals surface area contributed by atoms with Crippen LogP contribution in [0.15, 0.2) is 128 Å². The smallest absolute Gasteiger partial charge is 0.748 e. The summed E-state index contributed by atoms with van der Waals surface area (Å²) in [6.45, 7) is 8.61. The fourth-order valence-corrected chi connectivity index (χ4v) is 9.50. The van der Waals surface area contributed by atoms with E-state index in [0.717, 1.165) is 11.1 Å². The van der Waals surface area contributed by atoms with Gasteiger partial charge in [-0.1, -0.05) is 50.0 Å². The van der Waals surface area contributed by atoms with Crippen molar-refractivity contribution in [3.05, 3.63) is 130 Å². The number of hydrogen-bond acceptors (Lipinski definition) is 16. The van der Waals surface area contributed by atoms with Gasteiger partial charge < -0.3 is 23.4 Å². The van der Waals surface area contributed by atoms with E-state index in [0.29, 0.717) is 76.2 Å². The molecule has 1 fully saturated rings. The first-order valence-corrected chi connectivity index (χ1v) is 26.7. The van der Waals surface area contributed by atoms with Gasteiger partial charge in [0.1, 0.15) is 32.3 Å². The van der Waals surface area contributed by atoms with Crippen molar-refractivity contribution in [2.75, 3.05) is 12.3 Å². The van der Waals surface area contributed by atoms with Crippen LogP contribution in [0.1, 0.15) is 94.9 Å². The van der Waals surface area contributed by atoms with Crippen LogP contribution in [-0.2, 0) is 61.5 Å². The summed E-state index contributed by atoms with van der Waals surface area (Å²) in [5.41, 5.74) is 3.79. The number of carbonyl (C=O) groups excluding carboxylic acids is 3. The van der Waals surface area contributed by atoms with Gasteiger partial charge in [0.2, 0.25) is 0 Å². The second-order valence-electron chi connectivity index (χ2n) is 18.0. The minimum atomic E-state index is -4.64. The van der Waals surface area contributed by atoms with Gasteiger partial charge in [-0.05, 0) is 111 Å². The molecule has 5 heterocycles. The molecule has 0 saturated carbocycles. The maximum Gasteiger partial charge on any atom is 1.00 e. The molecule has 1 saturated heterocycles. The predicted octanol–water partition coefficient (Wildman–Crippen LogP) is -1.29. The summed E-state index contributed by atoms with van der Waals surface area (Å²) in [6.07, 6.45) is 12.7. The summed E-state index contributed by atoms with van der Waals surface area (Å²) >= 11 is 0. The predicted molar refractivity (Wildman–Crippen MR) is 255 cm³/mol. The van der Waals surface area contributed by atoms with E-state index >= 15 is 0 Å². The summed E-state index contributed by atoms with van der Waals surface area (Å²) in [6, 6.07) is 12.4. The molecule has 7 rings (SSSR count). The fraction of sp³-hybridized carbons (Fsp3) is 0.320. The van der Waals surface area contributed by atoms with E-state index in [-0.39, 0.29) is 101 Å². The maximum atomic E-state index is 12.4. The van der Waals surface area contributed by atoms with Crippen molar-refractivity contribution in [1.82, 2.24) is 9.96 Å². The van der Waals surface area contributed by atoms with E-state index < -0.39 is 64.7 Å². The second kappa shape index (κ2) is 23.8. The van der Waals surface area contributed by atoms with Gasteiger partial charge in [0.25, 0.3) is 11.8 Å². The Balaban J connectivity index is 0.00000494. The zero-order valence-electron chi connectivity index (χ0n) is 41.0. The molecule has 0 aliphatic carbocycles. The normalized spacial score (nSPS) is 17.2. The minimum absolute atomic E-state index is 0. The first kappa shape index (κ1) is 59.0. The third-order valence-corrected chi connectivity index (χ3v) is 14.6. The van der Waals surface area contributed by atoms with E-state index in [1.807, 2.05) is 69.2 Å².